The summed E-state index contributed by atoms with van der Waals surface area (Å²) in [6.07, 6.45) is 4.70. The number of carbonyl (C=O) groups excluding carboxylic acids is 1. The van der Waals surface area contributed by atoms with Gasteiger partial charge in [-0.15, -0.1) is 0 Å². The Kier molecular flexibility index (Phi) is 9.52. The number of halogens is 1. The molecule has 2 aromatic carbocycles. The summed E-state index contributed by atoms with van der Waals surface area (Å²) in [7, 11) is -4.00. The second-order valence-electron chi connectivity index (χ2n) is 10.4. The molecule has 220 valence electrons. The van der Waals surface area contributed by atoms with Gasteiger partial charge in [-0.1, -0.05) is 91.1 Å². The fourth-order valence-corrected chi connectivity index (χ4v) is 7.79. The second kappa shape index (κ2) is 13.3. The smallest absolute Gasteiger partial charge is 0.304 e. The highest BCUT2D eigenvalue weighted by Gasteiger charge is 2.29. The molecule has 42 heavy (non-hydrogen) atoms. The van der Waals surface area contributed by atoms with Gasteiger partial charge < -0.3 is 10.4 Å². The maximum atomic E-state index is 13.6. The maximum Gasteiger partial charge on any atom is 0.304 e. The van der Waals surface area contributed by atoms with Crippen molar-refractivity contribution in [3.05, 3.63) is 83.0 Å². The van der Waals surface area contributed by atoms with Crippen molar-refractivity contribution in [1.82, 2.24) is 14.3 Å². The van der Waals surface area contributed by atoms with Crippen LogP contribution in [0.1, 0.15) is 55.6 Å². The van der Waals surface area contributed by atoms with Crippen LogP contribution in [0.4, 0.5) is 5.13 Å². The molecule has 0 aliphatic heterocycles. The molecule has 0 bridgehead atoms. The van der Waals surface area contributed by atoms with Crippen LogP contribution in [0.5, 0.6) is 0 Å². The molecular weight excluding hydrogens is 596 g/mol. The fourth-order valence-electron chi connectivity index (χ4n) is 5.33. The molecule has 0 unspecified atom stereocenters. The number of carboxylic acid groups (broad SMARTS) is 1. The number of rotatable bonds is 12. The highest BCUT2D eigenvalue weighted by atomic mass is 35.5. The zero-order chi connectivity index (χ0) is 29.7. The highest BCUT2D eigenvalue weighted by Crippen LogP contribution is 2.36. The van der Waals surface area contributed by atoms with Gasteiger partial charge in [0.1, 0.15) is 15.5 Å². The first-order valence-electron chi connectivity index (χ1n) is 13.8. The Hall–Kier alpha value is -3.38. The summed E-state index contributed by atoms with van der Waals surface area (Å²) in [5.74, 6) is -1.39. The van der Waals surface area contributed by atoms with Crippen molar-refractivity contribution in [1.29, 1.82) is 0 Å². The van der Waals surface area contributed by atoms with Crippen LogP contribution >= 0.6 is 22.9 Å². The van der Waals surface area contributed by atoms with Gasteiger partial charge in [0, 0.05) is 13.1 Å². The molecule has 1 saturated carbocycles. The Balaban J connectivity index is 1.39. The average Bonchev–Trinajstić information content (AvgIpc) is 3.63. The minimum Gasteiger partial charge on any atom is -0.481 e. The third-order valence-electron chi connectivity index (χ3n) is 7.51. The number of pyridine rings is 1. The number of fused-ring (bicyclic) bond motifs is 1. The molecule has 0 saturated heterocycles. The number of hydrogen-bond acceptors (Lipinski definition) is 7. The van der Waals surface area contributed by atoms with Crippen molar-refractivity contribution >= 4 is 60.3 Å². The van der Waals surface area contributed by atoms with Gasteiger partial charge in [-0.25, -0.2) is 18.4 Å². The number of carbonyl (C=O) groups is 2. The minimum absolute atomic E-state index is 0.0433. The number of aliphatic carboxylic acids is 1. The van der Waals surface area contributed by atoms with Crippen LogP contribution in [0, 0.1) is 5.92 Å². The largest absolute Gasteiger partial charge is 0.481 e. The molecule has 1 aliphatic rings. The van der Waals surface area contributed by atoms with E-state index in [0.29, 0.717) is 38.5 Å². The number of benzene rings is 2. The van der Waals surface area contributed by atoms with Crippen LogP contribution in [-0.2, 0) is 26.2 Å². The summed E-state index contributed by atoms with van der Waals surface area (Å²) >= 11 is 7.25. The van der Waals surface area contributed by atoms with E-state index in [4.69, 9.17) is 11.6 Å². The Morgan fingerprint density at radius 2 is 1.74 bits per heavy atom. The molecule has 1 aliphatic carbocycles. The first-order chi connectivity index (χ1) is 20.2. The Labute approximate surface area is 253 Å². The number of hydrogen-bond donors (Lipinski definition) is 2. The van der Waals surface area contributed by atoms with Gasteiger partial charge >= 0.3 is 5.97 Å². The first kappa shape index (κ1) is 30.1. The summed E-state index contributed by atoms with van der Waals surface area (Å²) in [4.78, 5) is 34.3. The number of thiazole rings is 1. The van der Waals surface area contributed by atoms with E-state index in [0.717, 1.165) is 31.2 Å². The lowest BCUT2D eigenvalue weighted by Crippen LogP contribution is -2.32. The van der Waals surface area contributed by atoms with Crippen LogP contribution in [0.15, 0.2) is 71.6 Å². The average molecular weight is 627 g/mol. The summed E-state index contributed by atoms with van der Waals surface area (Å²) in [5.41, 5.74) is 2.11. The Morgan fingerprint density at radius 1 is 1.02 bits per heavy atom. The minimum atomic E-state index is -4.00. The molecule has 2 aromatic heterocycles. The molecule has 5 rings (SSSR count). The zero-order valence-electron chi connectivity index (χ0n) is 22.8. The van der Waals surface area contributed by atoms with Gasteiger partial charge in [-0.2, -0.15) is 4.31 Å². The number of anilines is 1. The van der Waals surface area contributed by atoms with Crippen LogP contribution in [0.2, 0.25) is 5.15 Å². The summed E-state index contributed by atoms with van der Waals surface area (Å²) in [6, 6.07) is 18.8. The number of amides is 1. The third-order valence-corrected chi connectivity index (χ3v) is 10.5. The number of carboxylic acids is 1. The Bertz CT molecular complexity index is 1660. The number of sulfonamides is 1. The van der Waals surface area contributed by atoms with Crippen LogP contribution in [0.25, 0.3) is 10.3 Å². The van der Waals surface area contributed by atoms with E-state index < -0.39 is 21.9 Å². The predicted molar refractivity (Wildman–Crippen MR) is 163 cm³/mol. The Morgan fingerprint density at radius 3 is 2.43 bits per heavy atom. The van der Waals surface area contributed by atoms with Crippen molar-refractivity contribution in [2.75, 3.05) is 11.9 Å². The van der Waals surface area contributed by atoms with Gasteiger partial charge in [0.05, 0.1) is 17.2 Å². The molecule has 0 spiro atoms. The van der Waals surface area contributed by atoms with Crippen molar-refractivity contribution in [3.8, 4) is 0 Å². The number of aromatic nitrogens is 2. The normalized spacial score (nSPS) is 14.8. The molecular formula is C30H31ClN4O5S2. The van der Waals surface area contributed by atoms with E-state index in [1.54, 1.807) is 36.4 Å². The summed E-state index contributed by atoms with van der Waals surface area (Å²) in [6.45, 7) is -0.115. The lowest BCUT2D eigenvalue weighted by molar-refractivity contribution is -0.137. The SMILES string of the molecule is O=C(O)CCN(Cc1ccccc1)S(=O)(=O)c1ccc([C@@H](CC2CCCC2)C(=O)Nc2nc3ccc(Cl)nc3s2)cc1. The van der Waals surface area contributed by atoms with E-state index in [2.05, 4.69) is 15.3 Å². The van der Waals surface area contributed by atoms with E-state index in [-0.39, 0.29) is 30.3 Å². The van der Waals surface area contributed by atoms with E-state index in [1.807, 2.05) is 18.2 Å². The van der Waals surface area contributed by atoms with Crippen LogP contribution in [-0.4, -0.2) is 46.2 Å². The topological polar surface area (TPSA) is 130 Å². The molecule has 12 heteroatoms. The monoisotopic (exact) mass is 626 g/mol. The number of nitrogens with one attached hydrogen (secondary N) is 1. The van der Waals surface area contributed by atoms with Gasteiger partial charge in [-0.3, -0.25) is 9.59 Å². The van der Waals surface area contributed by atoms with E-state index in [1.165, 1.54) is 27.8 Å². The molecule has 4 aromatic rings. The zero-order valence-corrected chi connectivity index (χ0v) is 25.2. The summed E-state index contributed by atoms with van der Waals surface area (Å²) < 4.78 is 28.4. The second-order valence-corrected chi connectivity index (χ2v) is 13.7. The standard InChI is InChI=1S/C30H31ClN4O5S2/c31-26-15-14-25-29(33-26)41-30(32-25)34-28(38)24(18-20-6-4-5-7-20)22-10-12-23(13-11-22)42(39,40)35(17-16-27(36)37)19-21-8-2-1-3-9-21/h1-3,8-15,20,24H,4-7,16-19H2,(H,36,37)(H,32,34,38)/t24-/m1/s1. The molecule has 0 radical (unpaired) electrons. The number of nitrogens with zero attached hydrogens (tertiary/aromatic N) is 3. The van der Waals surface area contributed by atoms with Crippen LogP contribution in [0.3, 0.4) is 0 Å². The van der Waals surface area contributed by atoms with Crippen molar-refractivity contribution in [3.63, 3.8) is 0 Å². The van der Waals surface area contributed by atoms with Crippen LogP contribution < -0.4 is 5.32 Å². The molecule has 9 nitrogen and oxygen atoms in total. The maximum absolute atomic E-state index is 13.6. The van der Waals surface area contributed by atoms with Crippen molar-refractivity contribution in [2.45, 2.75) is 55.9 Å². The first-order valence-corrected chi connectivity index (χ1v) is 16.4. The van der Waals surface area contributed by atoms with Gasteiger partial charge in [0.15, 0.2) is 5.13 Å². The van der Waals surface area contributed by atoms with E-state index in [9.17, 15) is 23.1 Å². The van der Waals surface area contributed by atoms with Crippen molar-refractivity contribution < 1.29 is 23.1 Å². The van der Waals surface area contributed by atoms with Gasteiger partial charge in [-0.05, 0) is 47.7 Å². The predicted octanol–water partition coefficient (Wildman–Crippen LogP) is 6.31. The summed E-state index contributed by atoms with van der Waals surface area (Å²) in [5, 5.41) is 12.9. The third kappa shape index (κ3) is 7.33. The highest BCUT2D eigenvalue weighted by molar-refractivity contribution is 7.89. The quantitative estimate of drug-likeness (QED) is 0.176. The lowest BCUT2D eigenvalue weighted by atomic mass is 9.87. The van der Waals surface area contributed by atoms with Crippen molar-refractivity contribution in [2.24, 2.45) is 5.92 Å². The molecule has 1 amide bonds. The lowest BCUT2D eigenvalue weighted by Gasteiger charge is -2.23. The molecule has 2 N–H and O–H groups in total. The van der Waals surface area contributed by atoms with Gasteiger partial charge in [0.2, 0.25) is 15.9 Å². The fraction of sp³-hybridized carbons (Fsp3) is 0.333. The molecule has 1 fully saturated rings. The van der Waals surface area contributed by atoms with Gasteiger partial charge in [0.25, 0.3) is 0 Å². The molecule has 2 heterocycles. The molecule has 1 atom stereocenters. The van der Waals surface area contributed by atoms with E-state index >= 15 is 0 Å².